The van der Waals surface area contributed by atoms with Gasteiger partial charge in [0.15, 0.2) is 5.78 Å². The van der Waals surface area contributed by atoms with Gasteiger partial charge in [-0.3, -0.25) is 9.59 Å². The fourth-order valence-corrected chi connectivity index (χ4v) is 1.58. The van der Waals surface area contributed by atoms with Crippen molar-refractivity contribution in [1.29, 1.82) is 0 Å². The van der Waals surface area contributed by atoms with Crippen molar-refractivity contribution in [3.63, 3.8) is 0 Å². The summed E-state index contributed by atoms with van der Waals surface area (Å²) in [4.78, 5) is 21.1. The summed E-state index contributed by atoms with van der Waals surface area (Å²) >= 11 is 0. The van der Waals surface area contributed by atoms with Crippen molar-refractivity contribution in [1.82, 2.24) is 0 Å². The third-order valence-electron chi connectivity index (χ3n) is 2.17. The van der Waals surface area contributed by atoms with Gasteiger partial charge in [0.1, 0.15) is 0 Å². The van der Waals surface area contributed by atoms with E-state index in [0.29, 0.717) is 0 Å². The molecule has 1 N–H and O–H groups in total. The highest BCUT2D eigenvalue weighted by atomic mass is 16.4. The normalized spacial score (nSPS) is 41.6. The van der Waals surface area contributed by atoms with Crippen LogP contribution < -0.4 is 0 Å². The molecule has 0 unspecified atom stereocenters. The zero-order valence-electron chi connectivity index (χ0n) is 5.15. The topological polar surface area (TPSA) is 54.4 Å². The molecular weight excluding hydrogens is 132 g/mol. The second-order valence-corrected chi connectivity index (χ2v) is 2.73. The van der Waals surface area contributed by atoms with Crippen molar-refractivity contribution < 1.29 is 14.7 Å². The molecule has 10 heavy (non-hydrogen) atoms. The number of ketones is 1. The predicted molar refractivity (Wildman–Crippen MR) is 32.3 cm³/mol. The number of hydrogen-bond donors (Lipinski definition) is 1. The number of rotatable bonds is 1. The number of carbonyl (C=O) groups excluding carboxylic acids is 1. The van der Waals surface area contributed by atoms with Gasteiger partial charge in [-0.15, -0.1) is 0 Å². The molecule has 0 aromatic carbocycles. The highest BCUT2D eigenvalue weighted by Crippen LogP contribution is 2.51. The van der Waals surface area contributed by atoms with Crippen molar-refractivity contribution in [3.05, 3.63) is 12.2 Å². The molecule has 0 heterocycles. The standard InChI is InChI=1S/C7H6O3/c8-4-2-1-3-5(4)6(3)7(9)10/h1-3,5-6H,(H,9,10)/t3-,5-,6+/m1/s1. The molecule has 0 aromatic heterocycles. The molecule has 0 spiro atoms. The lowest BCUT2D eigenvalue weighted by Gasteiger charge is -1.88. The molecule has 3 heteroatoms. The number of aliphatic carboxylic acids is 1. The van der Waals surface area contributed by atoms with E-state index in [9.17, 15) is 9.59 Å². The van der Waals surface area contributed by atoms with Gasteiger partial charge in [-0.25, -0.2) is 0 Å². The van der Waals surface area contributed by atoms with Gasteiger partial charge in [-0.05, 0) is 6.08 Å². The summed E-state index contributed by atoms with van der Waals surface area (Å²) in [5, 5.41) is 8.49. The molecule has 3 nitrogen and oxygen atoms in total. The SMILES string of the molecule is O=C(O)[C@H]1[C@@H]2C=CC(=O)[C@@H]21. The summed E-state index contributed by atoms with van der Waals surface area (Å²) in [6, 6.07) is 0. The maximum absolute atomic E-state index is 10.8. The van der Waals surface area contributed by atoms with E-state index >= 15 is 0 Å². The van der Waals surface area contributed by atoms with E-state index in [0.717, 1.165) is 0 Å². The first-order valence-electron chi connectivity index (χ1n) is 3.16. The van der Waals surface area contributed by atoms with Gasteiger partial charge >= 0.3 is 5.97 Å². The summed E-state index contributed by atoms with van der Waals surface area (Å²) in [6.45, 7) is 0. The van der Waals surface area contributed by atoms with Crippen LogP contribution in [0, 0.1) is 17.8 Å². The number of hydrogen-bond acceptors (Lipinski definition) is 2. The maximum atomic E-state index is 10.8. The van der Waals surface area contributed by atoms with Crippen molar-refractivity contribution >= 4 is 11.8 Å². The molecule has 2 rings (SSSR count). The van der Waals surface area contributed by atoms with Crippen LogP contribution in [0.25, 0.3) is 0 Å². The van der Waals surface area contributed by atoms with Crippen molar-refractivity contribution in [3.8, 4) is 0 Å². The van der Waals surface area contributed by atoms with E-state index in [4.69, 9.17) is 5.11 Å². The Kier molecular flexibility index (Phi) is 0.836. The lowest BCUT2D eigenvalue weighted by Crippen LogP contribution is -2.05. The minimum Gasteiger partial charge on any atom is -0.481 e. The van der Waals surface area contributed by atoms with Crippen LogP contribution in [0.1, 0.15) is 0 Å². The average Bonchev–Trinajstić information content (AvgIpc) is 2.48. The zero-order chi connectivity index (χ0) is 7.30. The van der Waals surface area contributed by atoms with E-state index < -0.39 is 11.9 Å². The first kappa shape index (κ1) is 5.65. The van der Waals surface area contributed by atoms with Gasteiger partial charge in [0.2, 0.25) is 0 Å². The Balaban J connectivity index is 2.19. The van der Waals surface area contributed by atoms with Crippen LogP contribution in [0.5, 0.6) is 0 Å². The van der Waals surface area contributed by atoms with Crippen molar-refractivity contribution in [2.75, 3.05) is 0 Å². The van der Waals surface area contributed by atoms with Gasteiger partial charge in [0, 0.05) is 11.8 Å². The molecule has 0 amide bonds. The summed E-state index contributed by atoms with van der Waals surface area (Å²) in [5.41, 5.74) is 0. The highest BCUT2D eigenvalue weighted by Gasteiger charge is 2.59. The highest BCUT2D eigenvalue weighted by molar-refractivity contribution is 6.02. The minimum atomic E-state index is -0.840. The number of fused-ring (bicyclic) bond motifs is 1. The van der Waals surface area contributed by atoms with Crippen LogP contribution in [0.4, 0.5) is 0 Å². The van der Waals surface area contributed by atoms with Gasteiger partial charge in [0.05, 0.1) is 5.92 Å². The second kappa shape index (κ2) is 1.48. The second-order valence-electron chi connectivity index (χ2n) is 2.73. The fraction of sp³-hybridized carbons (Fsp3) is 0.429. The van der Waals surface area contributed by atoms with Gasteiger partial charge < -0.3 is 5.11 Å². The third-order valence-corrected chi connectivity index (χ3v) is 2.17. The Morgan fingerprint density at radius 1 is 1.60 bits per heavy atom. The average molecular weight is 138 g/mol. The molecule has 0 radical (unpaired) electrons. The van der Waals surface area contributed by atoms with Gasteiger partial charge in [-0.2, -0.15) is 0 Å². The van der Waals surface area contributed by atoms with E-state index in [1.165, 1.54) is 6.08 Å². The number of carboxylic acids is 1. The lowest BCUT2D eigenvalue weighted by molar-refractivity contribution is -0.139. The third kappa shape index (κ3) is 0.497. The Morgan fingerprint density at radius 2 is 2.30 bits per heavy atom. The molecule has 0 aliphatic heterocycles. The summed E-state index contributed by atoms with van der Waals surface area (Å²) in [6.07, 6.45) is 3.18. The minimum absolute atomic E-state index is 0.0163. The Hall–Kier alpha value is -1.12. The Bertz CT molecular complexity index is 241. The van der Waals surface area contributed by atoms with Crippen molar-refractivity contribution in [2.24, 2.45) is 17.8 Å². The quantitative estimate of drug-likeness (QED) is 0.558. The van der Waals surface area contributed by atoms with Crippen LogP contribution in [-0.4, -0.2) is 16.9 Å². The molecule has 3 atom stereocenters. The molecule has 1 fully saturated rings. The number of carboxylic acid groups (broad SMARTS) is 1. The first-order chi connectivity index (χ1) is 4.72. The predicted octanol–water partition coefficient (Wildman–Crippen LogP) is 0.0721. The monoisotopic (exact) mass is 138 g/mol. The molecule has 2 aliphatic carbocycles. The van der Waals surface area contributed by atoms with Crippen molar-refractivity contribution in [2.45, 2.75) is 0 Å². The van der Waals surface area contributed by atoms with Crippen LogP contribution >= 0.6 is 0 Å². The molecular formula is C7H6O3. The van der Waals surface area contributed by atoms with E-state index in [2.05, 4.69) is 0 Å². The van der Waals surface area contributed by atoms with Crippen LogP contribution in [0.15, 0.2) is 12.2 Å². The van der Waals surface area contributed by atoms with Crippen LogP contribution in [0.2, 0.25) is 0 Å². The van der Waals surface area contributed by atoms with E-state index in [1.807, 2.05) is 0 Å². The molecule has 0 saturated heterocycles. The molecule has 0 bridgehead atoms. The Morgan fingerprint density at radius 3 is 2.60 bits per heavy atom. The molecule has 0 aromatic rings. The molecule has 1 saturated carbocycles. The molecule has 52 valence electrons. The molecule has 2 aliphatic rings. The van der Waals surface area contributed by atoms with Crippen LogP contribution in [-0.2, 0) is 9.59 Å². The zero-order valence-corrected chi connectivity index (χ0v) is 5.15. The smallest absolute Gasteiger partial charge is 0.307 e. The first-order valence-corrected chi connectivity index (χ1v) is 3.16. The summed E-state index contributed by atoms with van der Waals surface area (Å²) in [5.74, 6) is -1.45. The summed E-state index contributed by atoms with van der Waals surface area (Å²) in [7, 11) is 0. The van der Waals surface area contributed by atoms with Crippen LogP contribution in [0.3, 0.4) is 0 Å². The number of carbonyl (C=O) groups is 2. The summed E-state index contributed by atoms with van der Waals surface area (Å²) < 4.78 is 0. The van der Waals surface area contributed by atoms with Gasteiger partial charge in [0.25, 0.3) is 0 Å². The lowest BCUT2D eigenvalue weighted by atomic mass is 10.2. The van der Waals surface area contributed by atoms with E-state index in [-0.39, 0.29) is 17.6 Å². The number of allylic oxidation sites excluding steroid dienone is 2. The fourth-order valence-electron chi connectivity index (χ4n) is 1.58. The van der Waals surface area contributed by atoms with Gasteiger partial charge in [-0.1, -0.05) is 6.08 Å². The largest absolute Gasteiger partial charge is 0.481 e. The Labute approximate surface area is 57.3 Å². The maximum Gasteiger partial charge on any atom is 0.307 e. The van der Waals surface area contributed by atoms with E-state index in [1.54, 1.807) is 6.08 Å².